The van der Waals surface area contributed by atoms with E-state index < -0.39 is 0 Å². The third-order valence-corrected chi connectivity index (χ3v) is 3.90. The van der Waals surface area contributed by atoms with Gasteiger partial charge in [-0.25, -0.2) is 9.97 Å². The number of aromatic nitrogens is 2. The van der Waals surface area contributed by atoms with Crippen molar-refractivity contribution in [1.82, 2.24) is 9.97 Å². The van der Waals surface area contributed by atoms with Crippen LogP contribution < -0.4 is 11.5 Å². The summed E-state index contributed by atoms with van der Waals surface area (Å²) in [7, 11) is 0. The van der Waals surface area contributed by atoms with Crippen molar-refractivity contribution in [2.75, 3.05) is 11.5 Å². The van der Waals surface area contributed by atoms with Gasteiger partial charge in [0.05, 0.1) is 0 Å². The predicted octanol–water partition coefficient (Wildman–Crippen LogP) is 0.539. The molecule has 0 atom stereocenters. The highest BCUT2D eigenvalue weighted by atomic mass is 32.1. The Kier molecular flexibility index (Phi) is 1.69. The summed E-state index contributed by atoms with van der Waals surface area (Å²) in [6.45, 7) is 0. The molecule has 0 bridgehead atoms. The third-order valence-electron chi connectivity index (χ3n) is 2.13. The molecule has 2 aromatic rings. The number of fused-ring (bicyclic) bond motifs is 2. The zero-order valence-electron chi connectivity index (χ0n) is 7.68. The fourth-order valence-corrected chi connectivity index (χ4v) is 3.04. The average Bonchev–Trinajstić information content (AvgIpc) is 2.78. The monoisotopic (exact) mass is 252 g/mol. The summed E-state index contributed by atoms with van der Waals surface area (Å²) in [5, 5.41) is 0.407. The number of nitrogen functional groups attached to an aromatic ring is 2. The van der Waals surface area contributed by atoms with Crippen LogP contribution in [0.3, 0.4) is 0 Å². The second-order valence-corrected chi connectivity index (χ2v) is 5.18. The Morgan fingerprint density at radius 3 is 1.56 bits per heavy atom. The number of hydrogen-bond acceptors (Lipinski definition) is 8. The van der Waals surface area contributed by atoms with Crippen molar-refractivity contribution in [1.29, 1.82) is 0 Å². The molecular formula is C8H4N4O2S2. The molecule has 1 aliphatic carbocycles. The molecule has 0 radical (unpaired) electrons. The lowest BCUT2D eigenvalue weighted by molar-refractivity contribution is 0.0979. The normalized spacial score (nSPS) is 13.8. The highest BCUT2D eigenvalue weighted by Crippen LogP contribution is 2.34. The first-order valence-corrected chi connectivity index (χ1v) is 5.83. The Morgan fingerprint density at radius 2 is 1.19 bits per heavy atom. The summed E-state index contributed by atoms with van der Waals surface area (Å²) in [6, 6.07) is 0. The van der Waals surface area contributed by atoms with Crippen LogP contribution in [0.1, 0.15) is 30.7 Å². The van der Waals surface area contributed by atoms with Gasteiger partial charge in [0.2, 0.25) is 11.6 Å². The van der Waals surface area contributed by atoms with Gasteiger partial charge in [-0.15, -0.1) is 0 Å². The van der Waals surface area contributed by atoms with Crippen molar-refractivity contribution in [3.8, 4) is 0 Å². The van der Waals surface area contributed by atoms with Crippen LogP contribution in [-0.2, 0) is 0 Å². The molecule has 0 saturated heterocycles. The van der Waals surface area contributed by atoms with E-state index in [-0.39, 0.29) is 43.0 Å². The van der Waals surface area contributed by atoms with E-state index >= 15 is 0 Å². The molecule has 80 valence electrons. The minimum atomic E-state index is -0.327. The van der Waals surface area contributed by atoms with Crippen LogP contribution in [-0.4, -0.2) is 21.5 Å². The SMILES string of the molecule is Nc1nc2c(s1)C(=O)c1nc(N)sc1C2=O. The van der Waals surface area contributed by atoms with E-state index in [1.807, 2.05) is 0 Å². The molecule has 0 aromatic carbocycles. The Bertz CT molecular complexity index is 539. The van der Waals surface area contributed by atoms with Gasteiger partial charge in [0.1, 0.15) is 21.1 Å². The van der Waals surface area contributed by atoms with Gasteiger partial charge in [-0.3, -0.25) is 9.59 Å². The van der Waals surface area contributed by atoms with Gasteiger partial charge in [-0.2, -0.15) is 0 Å². The number of anilines is 2. The van der Waals surface area contributed by atoms with Crippen LogP contribution in [0.15, 0.2) is 0 Å². The van der Waals surface area contributed by atoms with Crippen molar-refractivity contribution in [2.45, 2.75) is 0 Å². The maximum absolute atomic E-state index is 11.9. The van der Waals surface area contributed by atoms with E-state index in [1.54, 1.807) is 0 Å². The molecule has 1 aliphatic rings. The molecule has 3 rings (SSSR count). The number of carbonyl (C=O) groups excluding carboxylic acids is 2. The van der Waals surface area contributed by atoms with Crippen molar-refractivity contribution in [2.24, 2.45) is 0 Å². The van der Waals surface area contributed by atoms with Gasteiger partial charge in [0.15, 0.2) is 10.3 Å². The number of nitrogens with two attached hydrogens (primary N) is 2. The summed E-state index contributed by atoms with van der Waals surface area (Å²) >= 11 is 1.99. The van der Waals surface area contributed by atoms with E-state index in [0.29, 0.717) is 0 Å². The second kappa shape index (κ2) is 2.86. The maximum Gasteiger partial charge on any atom is 0.225 e. The molecule has 2 heterocycles. The smallest absolute Gasteiger partial charge is 0.225 e. The largest absolute Gasteiger partial charge is 0.375 e. The quantitative estimate of drug-likeness (QED) is 0.604. The summed E-state index contributed by atoms with van der Waals surface area (Å²) in [6.07, 6.45) is 0. The maximum atomic E-state index is 11.9. The van der Waals surface area contributed by atoms with Crippen LogP contribution in [0.4, 0.5) is 10.3 Å². The molecule has 0 unspecified atom stereocenters. The van der Waals surface area contributed by atoms with Crippen LogP contribution >= 0.6 is 22.7 Å². The van der Waals surface area contributed by atoms with E-state index in [4.69, 9.17) is 11.5 Å². The molecule has 4 N–H and O–H groups in total. The Morgan fingerprint density at radius 1 is 0.812 bits per heavy atom. The first kappa shape index (κ1) is 9.43. The fourth-order valence-electron chi connectivity index (χ4n) is 1.50. The Hall–Kier alpha value is -1.80. The predicted molar refractivity (Wildman–Crippen MR) is 59.9 cm³/mol. The fraction of sp³-hybridized carbons (Fsp3) is 0. The summed E-state index contributed by atoms with van der Waals surface area (Å²) in [5.41, 5.74) is 11.2. The van der Waals surface area contributed by atoms with Crippen molar-refractivity contribution < 1.29 is 9.59 Å². The number of carbonyl (C=O) groups is 2. The molecule has 8 heteroatoms. The summed E-state index contributed by atoms with van der Waals surface area (Å²) in [4.78, 5) is 32.1. The first-order valence-electron chi connectivity index (χ1n) is 4.20. The molecule has 0 spiro atoms. The lowest BCUT2D eigenvalue weighted by Crippen LogP contribution is -2.18. The third kappa shape index (κ3) is 1.05. The summed E-state index contributed by atoms with van der Waals surface area (Å²) in [5.74, 6) is -0.654. The lowest BCUT2D eigenvalue weighted by Gasteiger charge is -2.05. The van der Waals surface area contributed by atoms with Crippen molar-refractivity contribution >= 4 is 44.5 Å². The number of rotatable bonds is 0. The van der Waals surface area contributed by atoms with Gasteiger partial charge in [0, 0.05) is 0 Å². The van der Waals surface area contributed by atoms with Gasteiger partial charge >= 0.3 is 0 Å². The second-order valence-electron chi connectivity index (χ2n) is 3.12. The highest BCUT2D eigenvalue weighted by Gasteiger charge is 2.36. The van der Waals surface area contributed by atoms with E-state index in [1.165, 1.54) is 0 Å². The van der Waals surface area contributed by atoms with Gasteiger partial charge in [-0.1, -0.05) is 22.7 Å². The van der Waals surface area contributed by atoms with Crippen LogP contribution in [0, 0.1) is 0 Å². The minimum absolute atomic E-state index is 0.114. The van der Waals surface area contributed by atoms with Crippen LogP contribution in [0.5, 0.6) is 0 Å². The molecule has 0 amide bonds. The molecule has 2 aromatic heterocycles. The van der Waals surface area contributed by atoms with Crippen molar-refractivity contribution in [3.05, 3.63) is 21.1 Å². The molecule has 6 nitrogen and oxygen atoms in total. The molecule has 0 saturated carbocycles. The van der Waals surface area contributed by atoms with E-state index in [9.17, 15) is 9.59 Å². The zero-order chi connectivity index (χ0) is 11.4. The average molecular weight is 252 g/mol. The lowest BCUT2D eigenvalue weighted by atomic mass is 10.0. The molecule has 0 fully saturated rings. The Labute approximate surface area is 96.9 Å². The zero-order valence-corrected chi connectivity index (χ0v) is 9.32. The van der Waals surface area contributed by atoms with Gasteiger partial charge in [-0.05, 0) is 0 Å². The number of hydrogen-bond donors (Lipinski definition) is 2. The van der Waals surface area contributed by atoms with Crippen LogP contribution in [0.2, 0.25) is 0 Å². The van der Waals surface area contributed by atoms with Crippen molar-refractivity contribution in [3.63, 3.8) is 0 Å². The Balaban J connectivity index is 2.32. The van der Waals surface area contributed by atoms with E-state index in [2.05, 4.69) is 9.97 Å². The molecule has 0 aliphatic heterocycles. The molecular weight excluding hydrogens is 248 g/mol. The standard InChI is InChI=1S/C8H4N4O2S2/c9-7-11-1-3(13)6-2(12-8(10)16-6)4(14)5(1)15-7/h(H2,9,11)(H2,10,12). The van der Waals surface area contributed by atoms with Gasteiger partial charge in [0.25, 0.3) is 0 Å². The highest BCUT2D eigenvalue weighted by molar-refractivity contribution is 7.20. The number of nitrogens with zero attached hydrogens (tertiary/aromatic N) is 2. The molecule has 16 heavy (non-hydrogen) atoms. The minimum Gasteiger partial charge on any atom is -0.375 e. The summed E-state index contributed by atoms with van der Waals surface area (Å²) < 4.78 is 0. The topological polar surface area (TPSA) is 112 Å². The van der Waals surface area contributed by atoms with Gasteiger partial charge < -0.3 is 11.5 Å². The number of thiazole rings is 2. The first-order chi connectivity index (χ1) is 7.58. The van der Waals surface area contributed by atoms with E-state index in [0.717, 1.165) is 22.7 Å². The van der Waals surface area contributed by atoms with Crippen LogP contribution in [0.25, 0.3) is 0 Å². The number of ketones is 2.